The van der Waals surface area contributed by atoms with Crippen molar-refractivity contribution in [3.8, 4) is 0 Å². The number of carbonyl (C=O) groups excluding carboxylic acids is 1. The second kappa shape index (κ2) is 7.58. The van der Waals surface area contributed by atoms with Crippen molar-refractivity contribution in [1.29, 1.82) is 0 Å². The maximum absolute atomic E-state index is 12.7. The summed E-state index contributed by atoms with van der Waals surface area (Å²) in [6, 6.07) is 14.4. The van der Waals surface area contributed by atoms with Gasteiger partial charge in [-0.3, -0.25) is 9.69 Å². The average Bonchev–Trinajstić information content (AvgIpc) is 2.92. The number of amides is 1. The third kappa shape index (κ3) is 3.55. The van der Waals surface area contributed by atoms with Crippen LogP contribution in [0.25, 0.3) is 6.08 Å². The predicted octanol–water partition coefficient (Wildman–Crippen LogP) is 4.32. The molecule has 1 aliphatic heterocycles. The van der Waals surface area contributed by atoms with Crippen molar-refractivity contribution in [2.45, 2.75) is 13.8 Å². The molecule has 0 spiro atoms. The summed E-state index contributed by atoms with van der Waals surface area (Å²) in [7, 11) is 0. The molecule has 0 unspecified atom stereocenters. The molecule has 0 saturated carbocycles. The van der Waals surface area contributed by atoms with E-state index < -0.39 is 5.97 Å². The highest BCUT2D eigenvalue weighted by atomic mass is 32.2. The van der Waals surface area contributed by atoms with E-state index in [0.717, 1.165) is 11.1 Å². The van der Waals surface area contributed by atoms with Gasteiger partial charge in [0, 0.05) is 6.54 Å². The fourth-order valence-electron chi connectivity index (χ4n) is 2.62. The highest BCUT2D eigenvalue weighted by Crippen LogP contribution is 2.35. The van der Waals surface area contributed by atoms with Gasteiger partial charge in [-0.15, -0.1) is 0 Å². The summed E-state index contributed by atoms with van der Waals surface area (Å²) in [5, 5.41) is 9.82. The molecule has 0 aromatic heterocycles. The highest BCUT2D eigenvalue weighted by Gasteiger charge is 2.32. The minimum Gasteiger partial charge on any atom is -0.478 e. The lowest BCUT2D eigenvalue weighted by molar-refractivity contribution is -0.122. The summed E-state index contributed by atoms with van der Waals surface area (Å²) in [6.07, 6.45) is 1.86. The summed E-state index contributed by atoms with van der Waals surface area (Å²) >= 11 is 1.26. The van der Waals surface area contributed by atoms with Crippen molar-refractivity contribution in [3.05, 3.63) is 70.1 Å². The van der Waals surface area contributed by atoms with Gasteiger partial charge < -0.3 is 5.11 Å². The fraction of sp³-hybridized carbons (Fsp3) is 0.150. The van der Waals surface area contributed by atoms with E-state index in [2.05, 4.69) is 4.99 Å². The number of para-hydroxylation sites is 1. The first-order valence-electron chi connectivity index (χ1n) is 8.19. The van der Waals surface area contributed by atoms with Gasteiger partial charge >= 0.3 is 5.97 Å². The summed E-state index contributed by atoms with van der Waals surface area (Å²) < 4.78 is 0. The number of amidine groups is 1. The predicted molar refractivity (Wildman–Crippen MR) is 105 cm³/mol. The van der Waals surface area contributed by atoms with Gasteiger partial charge in [-0.25, -0.2) is 9.79 Å². The van der Waals surface area contributed by atoms with Crippen LogP contribution in [0.3, 0.4) is 0 Å². The van der Waals surface area contributed by atoms with E-state index in [1.54, 1.807) is 23.1 Å². The lowest BCUT2D eigenvalue weighted by atomic mass is 10.1. The molecule has 0 aliphatic carbocycles. The van der Waals surface area contributed by atoms with Crippen molar-refractivity contribution in [2.24, 2.45) is 4.99 Å². The summed E-state index contributed by atoms with van der Waals surface area (Å²) in [5.41, 5.74) is 2.51. The van der Waals surface area contributed by atoms with E-state index in [4.69, 9.17) is 0 Å². The Kier molecular flexibility index (Phi) is 5.23. The molecule has 0 radical (unpaired) electrons. The van der Waals surface area contributed by atoms with E-state index in [-0.39, 0.29) is 11.5 Å². The maximum Gasteiger partial charge on any atom is 0.337 e. The zero-order chi connectivity index (χ0) is 18.7. The minimum absolute atomic E-state index is 0.112. The number of carboxylic acids is 1. The number of aromatic carboxylic acids is 1. The lowest BCUT2D eigenvalue weighted by Crippen LogP contribution is -2.28. The van der Waals surface area contributed by atoms with Crippen molar-refractivity contribution >= 4 is 40.6 Å². The Hall–Kier alpha value is -2.86. The molecule has 1 fully saturated rings. The fourth-order valence-corrected chi connectivity index (χ4v) is 3.66. The zero-order valence-electron chi connectivity index (χ0n) is 14.5. The largest absolute Gasteiger partial charge is 0.478 e. The maximum atomic E-state index is 12.7. The zero-order valence-corrected chi connectivity index (χ0v) is 15.3. The standard InChI is InChI=1S/C20H18N2O3S/c1-3-22-18(23)17(12-14-9-5-4-8-13(14)2)26-20(22)21-16-11-7-6-10-15(16)19(24)25/h4-12H,3H2,1-2H3,(H,24,25)/b17-12-,21-20?. The van der Waals surface area contributed by atoms with Crippen LogP contribution in [-0.2, 0) is 4.79 Å². The highest BCUT2D eigenvalue weighted by molar-refractivity contribution is 8.18. The molecule has 132 valence electrons. The molecule has 1 heterocycles. The molecule has 26 heavy (non-hydrogen) atoms. The number of rotatable bonds is 4. The quantitative estimate of drug-likeness (QED) is 0.818. The number of aliphatic imine (C=N–C) groups is 1. The molecule has 5 nitrogen and oxygen atoms in total. The molecule has 3 rings (SSSR count). The molecule has 0 bridgehead atoms. The van der Waals surface area contributed by atoms with E-state index in [0.29, 0.717) is 22.3 Å². The topological polar surface area (TPSA) is 70.0 Å². The number of carboxylic acid groups (broad SMARTS) is 1. The second-order valence-electron chi connectivity index (χ2n) is 5.73. The number of likely N-dealkylation sites (N-methyl/N-ethyl adjacent to an activating group) is 1. The first kappa shape index (κ1) is 17.9. The summed E-state index contributed by atoms with van der Waals surface area (Å²) in [5.74, 6) is -1.16. The second-order valence-corrected chi connectivity index (χ2v) is 6.74. The van der Waals surface area contributed by atoms with Crippen LogP contribution in [0.5, 0.6) is 0 Å². The van der Waals surface area contributed by atoms with E-state index >= 15 is 0 Å². The van der Waals surface area contributed by atoms with Crippen LogP contribution >= 0.6 is 11.8 Å². The average molecular weight is 366 g/mol. The third-order valence-electron chi connectivity index (χ3n) is 4.03. The number of hydrogen-bond acceptors (Lipinski definition) is 4. The number of hydrogen-bond donors (Lipinski definition) is 1. The summed E-state index contributed by atoms with van der Waals surface area (Å²) in [6.45, 7) is 4.32. The van der Waals surface area contributed by atoms with Gasteiger partial charge in [0.2, 0.25) is 0 Å². The molecule has 2 aromatic rings. The SMILES string of the molecule is CCN1C(=O)/C(=C/c2ccccc2C)SC1=Nc1ccccc1C(=O)O. The van der Waals surface area contributed by atoms with Crippen LogP contribution in [-0.4, -0.2) is 33.6 Å². The van der Waals surface area contributed by atoms with Crippen molar-refractivity contribution in [3.63, 3.8) is 0 Å². The van der Waals surface area contributed by atoms with Gasteiger partial charge in [-0.05, 0) is 54.9 Å². The van der Waals surface area contributed by atoms with Gasteiger partial charge in [0.1, 0.15) is 0 Å². The molecular formula is C20H18N2O3S. The van der Waals surface area contributed by atoms with Gasteiger partial charge in [0.25, 0.3) is 5.91 Å². The number of nitrogens with zero attached hydrogens (tertiary/aromatic N) is 2. The van der Waals surface area contributed by atoms with Crippen molar-refractivity contribution in [2.75, 3.05) is 6.54 Å². The van der Waals surface area contributed by atoms with E-state index in [1.165, 1.54) is 17.8 Å². The Balaban J connectivity index is 2.01. The minimum atomic E-state index is -1.04. The smallest absolute Gasteiger partial charge is 0.337 e. The van der Waals surface area contributed by atoms with Crippen molar-refractivity contribution < 1.29 is 14.7 Å². The Labute approximate surface area is 156 Å². The van der Waals surface area contributed by atoms with Gasteiger partial charge in [-0.1, -0.05) is 36.4 Å². The Morgan fingerprint density at radius 3 is 2.58 bits per heavy atom. The molecule has 0 atom stereocenters. The van der Waals surface area contributed by atoms with Crippen LogP contribution < -0.4 is 0 Å². The molecule has 6 heteroatoms. The monoisotopic (exact) mass is 366 g/mol. The molecule has 2 aromatic carbocycles. The number of thioether (sulfide) groups is 1. The number of aryl methyl sites for hydroxylation is 1. The van der Waals surface area contributed by atoms with Crippen LogP contribution in [0.15, 0.2) is 58.4 Å². The Morgan fingerprint density at radius 1 is 1.19 bits per heavy atom. The van der Waals surface area contributed by atoms with Crippen LogP contribution in [0, 0.1) is 6.92 Å². The van der Waals surface area contributed by atoms with Gasteiger partial charge in [0.15, 0.2) is 5.17 Å². The van der Waals surface area contributed by atoms with Gasteiger partial charge in [0.05, 0.1) is 16.2 Å². The van der Waals surface area contributed by atoms with Gasteiger partial charge in [-0.2, -0.15) is 0 Å². The molecule has 1 N–H and O–H groups in total. The van der Waals surface area contributed by atoms with Crippen molar-refractivity contribution in [1.82, 2.24) is 4.90 Å². The van der Waals surface area contributed by atoms with E-state index in [9.17, 15) is 14.7 Å². The third-order valence-corrected chi connectivity index (χ3v) is 5.04. The number of carbonyl (C=O) groups is 2. The first-order chi connectivity index (χ1) is 12.5. The molecular weight excluding hydrogens is 348 g/mol. The Bertz CT molecular complexity index is 934. The molecule has 1 saturated heterocycles. The molecule has 1 amide bonds. The number of benzene rings is 2. The van der Waals surface area contributed by atoms with Crippen LogP contribution in [0.1, 0.15) is 28.4 Å². The normalized spacial score (nSPS) is 17.3. The summed E-state index contributed by atoms with van der Waals surface area (Å²) in [4.78, 5) is 30.7. The van der Waals surface area contributed by atoms with E-state index in [1.807, 2.05) is 44.2 Å². The Morgan fingerprint density at radius 2 is 1.88 bits per heavy atom. The van der Waals surface area contributed by atoms with Crippen LogP contribution in [0.2, 0.25) is 0 Å². The lowest BCUT2D eigenvalue weighted by Gasteiger charge is -2.12. The molecule has 1 aliphatic rings. The van der Waals surface area contributed by atoms with Crippen LogP contribution in [0.4, 0.5) is 5.69 Å². The first-order valence-corrected chi connectivity index (χ1v) is 9.01.